The van der Waals surface area contributed by atoms with E-state index in [4.69, 9.17) is 9.47 Å². The molecule has 6 heteroatoms. The van der Waals surface area contributed by atoms with Crippen molar-refractivity contribution in [3.8, 4) is 0 Å². The first-order chi connectivity index (χ1) is 11.7. The zero-order valence-corrected chi connectivity index (χ0v) is 13.7. The highest BCUT2D eigenvalue weighted by Gasteiger charge is 2.42. The standard InChI is InChI=1S/C18H23FN2O3/c19-14-5-3-13(4-6-14)18(22)21-11-16-17(12-21)24-9-7-20(16)10-15-2-1-8-23-15/h3-6,15-17H,1-2,7-12H2/t15-,16-,17+/m1/s1. The smallest absolute Gasteiger partial charge is 0.254 e. The minimum atomic E-state index is -0.326. The lowest BCUT2D eigenvalue weighted by atomic mass is 10.1. The number of carbonyl (C=O) groups excluding carboxylic acids is 1. The molecule has 0 saturated carbocycles. The minimum absolute atomic E-state index is 0.0509. The number of fused-ring (bicyclic) bond motifs is 1. The second-order valence-corrected chi connectivity index (χ2v) is 6.82. The quantitative estimate of drug-likeness (QED) is 0.841. The molecular weight excluding hydrogens is 311 g/mol. The number of rotatable bonds is 3. The van der Waals surface area contributed by atoms with Gasteiger partial charge in [0.15, 0.2) is 0 Å². The van der Waals surface area contributed by atoms with Gasteiger partial charge in [-0.3, -0.25) is 9.69 Å². The van der Waals surface area contributed by atoms with Crippen LogP contribution in [-0.2, 0) is 9.47 Å². The normalized spacial score (nSPS) is 30.5. The molecule has 24 heavy (non-hydrogen) atoms. The van der Waals surface area contributed by atoms with Gasteiger partial charge in [-0.2, -0.15) is 0 Å². The Morgan fingerprint density at radius 1 is 1.17 bits per heavy atom. The van der Waals surface area contributed by atoms with E-state index in [0.717, 1.165) is 32.5 Å². The number of likely N-dealkylation sites (tertiary alicyclic amines) is 1. The molecule has 5 nitrogen and oxygen atoms in total. The van der Waals surface area contributed by atoms with Gasteiger partial charge in [0.05, 0.1) is 24.9 Å². The molecule has 0 spiro atoms. The molecule has 0 N–H and O–H groups in total. The van der Waals surface area contributed by atoms with Crippen LogP contribution in [0.2, 0.25) is 0 Å². The summed E-state index contributed by atoms with van der Waals surface area (Å²) in [4.78, 5) is 16.9. The molecule has 3 saturated heterocycles. The Balaban J connectivity index is 1.43. The highest BCUT2D eigenvalue weighted by atomic mass is 19.1. The number of halogens is 1. The summed E-state index contributed by atoms with van der Waals surface area (Å²) in [6.45, 7) is 4.63. The van der Waals surface area contributed by atoms with Gasteiger partial charge in [-0.25, -0.2) is 4.39 Å². The molecule has 1 aromatic carbocycles. The first-order valence-corrected chi connectivity index (χ1v) is 8.73. The number of hydrogen-bond acceptors (Lipinski definition) is 4. The summed E-state index contributed by atoms with van der Waals surface area (Å²) in [5.41, 5.74) is 0.528. The van der Waals surface area contributed by atoms with Gasteiger partial charge in [-0.05, 0) is 37.1 Å². The number of nitrogens with zero attached hydrogens (tertiary/aromatic N) is 2. The minimum Gasteiger partial charge on any atom is -0.377 e. The third-order valence-corrected chi connectivity index (χ3v) is 5.26. The average molecular weight is 334 g/mol. The Hall–Kier alpha value is -1.50. The van der Waals surface area contributed by atoms with Crippen molar-refractivity contribution >= 4 is 5.91 Å². The molecule has 3 fully saturated rings. The van der Waals surface area contributed by atoms with Gasteiger partial charge >= 0.3 is 0 Å². The Bertz CT molecular complexity index is 588. The van der Waals surface area contributed by atoms with Crippen LogP contribution in [0.1, 0.15) is 23.2 Å². The fourth-order valence-corrected chi connectivity index (χ4v) is 3.98. The van der Waals surface area contributed by atoms with Gasteiger partial charge in [0, 0.05) is 38.3 Å². The zero-order chi connectivity index (χ0) is 16.5. The summed E-state index contributed by atoms with van der Waals surface area (Å²) >= 11 is 0. The summed E-state index contributed by atoms with van der Waals surface area (Å²) in [6, 6.07) is 5.98. The highest BCUT2D eigenvalue weighted by Crippen LogP contribution is 2.26. The second-order valence-electron chi connectivity index (χ2n) is 6.82. The monoisotopic (exact) mass is 334 g/mol. The molecule has 0 aliphatic carbocycles. The summed E-state index contributed by atoms with van der Waals surface area (Å²) in [6.07, 6.45) is 2.63. The largest absolute Gasteiger partial charge is 0.377 e. The molecule has 3 aliphatic rings. The van der Waals surface area contributed by atoms with E-state index in [2.05, 4.69) is 4.90 Å². The van der Waals surface area contributed by atoms with Crippen molar-refractivity contribution in [1.82, 2.24) is 9.80 Å². The Kier molecular flexibility index (Phi) is 4.52. The average Bonchev–Trinajstić information content (AvgIpc) is 3.24. The van der Waals surface area contributed by atoms with Gasteiger partial charge in [0.25, 0.3) is 5.91 Å². The van der Waals surface area contributed by atoms with E-state index in [1.165, 1.54) is 12.1 Å². The molecule has 1 amide bonds. The third-order valence-electron chi connectivity index (χ3n) is 5.26. The number of benzene rings is 1. The number of hydrogen-bond donors (Lipinski definition) is 0. The molecular formula is C18H23FN2O3. The predicted molar refractivity (Wildman–Crippen MR) is 86.4 cm³/mol. The first-order valence-electron chi connectivity index (χ1n) is 8.73. The van der Waals surface area contributed by atoms with E-state index in [0.29, 0.717) is 31.4 Å². The van der Waals surface area contributed by atoms with Crippen molar-refractivity contribution in [2.75, 3.05) is 39.4 Å². The molecule has 0 radical (unpaired) electrons. The van der Waals surface area contributed by atoms with Crippen molar-refractivity contribution in [2.45, 2.75) is 31.1 Å². The van der Waals surface area contributed by atoms with E-state index in [9.17, 15) is 9.18 Å². The summed E-state index contributed by atoms with van der Waals surface area (Å²) in [7, 11) is 0. The topological polar surface area (TPSA) is 42.0 Å². The lowest BCUT2D eigenvalue weighted by Gasteiger charge is -2.37. The Morgan fingerprint density at radius 2 is 2.00 bits per heavy atom. The number of amides is 1. The van der Waals surface area contributed by atoms with Crippen LogP contribution >= 0.6 is 0 Å². The summed E-state index contributed by atoms with van der Waals surface area (Å²) in [5.74, 6) is -0.377. The fourth-order valence-electron chi connectivity index (χ4n) is 3.98. The molecule has 1 aromatic rings. The number of morpholine rings is 1. The van der Waals surface area contributed by atoms with E-state index in [-0.39, 0.29) is 23.9 Å². The van der Waals surface area contributed by atoms with Crippen molar-refractivity contribution in [2.24, 2.45) is 0 Å². The van der Waals surface area contributed by atoms with Crippen LogP contribution in [0, 0.1) is 5.82 Å². The SMILES string of the molecule is O=C(c1ccc(F)cc1)N1C[C@@H]2OCCN(C[C@H]3CCCO3)[C@@H]2C1. The van der Waals surface area contributed by atoms with E-state index >= 15 is 0 Å². The molecule has 3 atom stereocenters. The maximum absolute atomic E-state index is 13.1. The zero-order valence-electron chi connectivity index (χ0n) is 13.7. The predicted octanol–water partition coefficient (Wildman–Crippen LogP) is 1.53. The molecule has 0 unspecified atom stereocenters. The van der Waals surface area contributed by atoms with Gasteiger partial charge in [-0.1, -0.05) is 0 Å². The van der Waals surface area contributed by atoms with Gasteiger partial charge in [-0.15, -0.1) is 0 Å². The maximum Gasteiger partial charge on any atom is 0.254 e. The molecule has 0 aromatic heterocycles. The van der Waals surface area contributed by atoms with Crippen molar-refractivity contribution in [3.05, 3.63) is 35.6 Å². The van der Waals surface area contributed by atoms with Crippen molar-refractivity contribution in [1.29, 1.82) is 0 Å². The fraction of sp³-hybridized carbons (Fsp3) is 0.611. The van der Waals surface area contributed by atoms with Gasteiger partial charge < -0.3 is 14.4 Å². The van der Waals surface area contributed by atoms with E-state index in [1.807, 2.05) is 4.90 Å². The van der Waals surface area contributed by atoms with Crippen molar-refractivity contribution in [3.63, 3.8) is 0 Å². The van der Waals surface area contributed by atoms with Crippen LogP contribution in [0.5, 0.6) is 0 Å². The maximum atomic E-state index is 13.1. The van der Waals surface area contributed by atoms with E-state index in [1.54, 1.807) is 12.1 Å². The summed E-state index contributed by atoms with van der Waals surface area (Å²) < 4.78 is 24.7. The van der Waals surface area contributed by atoms with E-state index < -0.39 is 0 Å². The molecule has 4 rings (SSSR count). The molecule has 130 valence electrons. The summed E-state index contributed by atoms with van der Waals surface area (Å²) in [5, 5.41) is 0. The van der Waals surface area contributed by atoms with Crippen LogP contribution in [0.25, 0.3) is 0 Å². The number of ether oxygens (including phenoxy) is 2. The first kappa shape index (κ1) is 16.0. The van der Waals surface area contributed by atoms with Gasteiger partial charge in [0.1, 0.15) is 5.82 Å². The highest BCUT2D eigenvalue weighted by molar-refractivity contribution is 5.94. The van der Waals surface area contributed by atoms with Crippen LogP contribution in [0.3, 0.4) is 0 Å². The number of carbonyl (C=O) groups is 1. The van der Waals surface area contributed by atoms with Crippen molar-refractivity contribution < 1.29 is 18.7 Å². The van der Waals surface area contributed by atoms with Gasteiger partial charge in [0.2, 0.25) is 0 Å². The van der Waals surface area contributed by atoms with Crippen LogP contribution in [0.15, 0.2) is 24.3 Å². The molecule has 0 bridgehead atoms. The van der Waals surface area contributed by atoms with Crippen LogP contribution < -0.4 is 0 Å². The van der Waals surface area contributed by atoms with Crippen LogP contribution in [-0.4, -0.2) is 73.3 Å². The Labute approximate surface area is 141 Å². The lowest BCUT2D eigenvalue weighted by Crippen LogP contribution is -2.52. The Morgan fingerprint density at radius 3 is 2.75 bits per heavy atom. The van der Waals surface area contributed by atoms with Crippen LogP contribution in [0.4, 0.5) is 4.39 Å². The molecule has 3 heterocycles. The third kappa shape index (κ3) is 3.18. The molecule has 3 aliphatic heterocycles. The second kappa shape index (κ2) is 6.78. The lowest BCUT2D eigenvalue weighted by molar-refractivity contribution is -0.0614.